The molecule has 1 N–H and O–H groups in total. The van der Waals surface area contributed by atoms with Crippen LogP contribution in [0.3, 0.4) is 0 Å². The average molecular weight is 248 g/mol. The third kappa shape index (κ3) is 1.94. The zero-order valence-electron chi connectivity index (χ0n) is 10.9. The van der Waals surface area contributed by atoms with E-state index in [-0.39, 0.29) is 5.91 Å². The largest absolute Gasteiger partial charge is 0.459 e. The molecular weight excluding hydrogens is 228 g/mol. The number of carbonyl (C=O) groups excluding carboxylic acids is 1. The van der Waals surface area contributed by atoms with Gasteiger partial charge in [0.25, 0.3) is 5.91 Å². The fourth-order valence-corrected chi connectivity index (χ4v) is 3.21. The molecule has 3 heterocycles. The maximum Gasteiger partial charge on any atom is 0.289 e. The summed E-state index contributed by atoms with van der Waals surface area (Å²) in [6, 6.07) is 1.85. The number of hydrogen-bond acceptors (Lipinski definition) is 3. The summed E-state index contributed by atoms with van der Waals surface area (Å²) in [6.45, 7) is 5.86. The quantitative estimate of drug-likeness (QED) is 0.824. The maximum absolute atomic E-state index is 12.4. The molecule has 2 fully saturated rings. The number of likely N-dealkylation sites (tertiary alicyclic amines) is 1. The van der Waals surface area contributed by atoms with E-state index in [1.54, 1.807) is 6.26 Å². The Morgan fingerprint density at radius 2 is 2.17 bits per heavy atom. The van der Waals surface area contributed by atoms with E-state index >= 15 is 0 Å². The van der Waals surface area contributed by atoms with Crippen molar-refractivity contribution in [3.63, 3.8) is 0 Å². The van der Waals surface area contributed by atoms with Gasteiger partial charge in [-0.15, -0.1) is 0 Å². The Kier molecular flexibility index (Phi) is 2.90. The van der Waals surface area contributed by atoms with E-state index in [0.29, 0.717) is 11.2 Å². The molecular formula is C14H20N2O2. The van der Waals surface area contributed by atoms with Crippen LogP contribution in [0.15, 0.2) is 16.7 Å². The van der Waals surface area contributed by atoms with Gasteiger partial charge in [0.2, 0.25) is 0 Å². The number of nitrogens with one attached hydrogen (secondary N) is 1. The van der Waals surface area contributed by atoms with Crippen LogP contribution >= 0.6 is 0 Å². The lowest BCUT2D eigenvalue weighted by Gasteiger charge is -2.33. The molecule has 1 aromatic rings. The van der Waals surface area contributed by atoms with Crippen molar-refractivity contribution < 1.29 is 9.21 Å². The molecule has 0 radical (unpaired) electrons. The molecule has 4 heteroatoms. The monoisotopic (exact) mass is 248 g/mol. The molecule has 4 nitrogen and oxygen atoms in total. The first-order chi connectivity index (χ1) is 8.70. The first kappa shape index (κ1) is 11.8. The summed E-state index contributed by atoms with van der Waals surface area (Å²) in [5.74, 6) is 0.578. The lowest BCUT2D eigenvalue weighted by molar-refractivity contribution is 0.0729. The molecule has 2 aliphatic heterocycles. The number of hydrogen-bond donors (Lipinski definition) is 1. The number of amides is 1. The molecule has 0 unspecified atom stereocenters. The molecule has 0 aromatic carbocycles. The smallest absolute Gasteiger partial charge is 0.289 e. The second-order valence-electron chi connectivity index (χ2n) is 5.66. The van der Waals surface area contributed by atoms with Crippen molar-refractivity contribution >= 4 is 5.91 Å². The van der Waals surface area contributed by atoms with Gasteiger partial charge in [0, 0.05) is 18.7 Å². The summed E-state index contributed by atoms with van der Waals surface area (Å²) in [4.78, 5) is 14.3. The summed E-state index contributed by atoms with van der Waals surface area (Å²) in [6.07, 6.45) is 5.11. The molecule has 0 aliphatic carbocycles. The van der Waals surface area contributed by atoms with Gasteiger partial charge in [-0.3, -0.25) is 4.79 Å². The van der Waals surface area contributed by atoms with E-state index in [1.807, 2.05) is 17.9 Å². The van der Waals surface area contributed by atoms with Crippen molar-refractivity contribution in [1.29, 1.82) is 0 Å². The molecule has 1 aromatic heterocycles. The molecule has 1 amide bonds. The highest BCUT2D eigenvalue weighted by Crippen LogP contribution is 2.39. The van der Waals surface area contributed by atoms with Crippen LogP contribution < -0.4 is 5.32 Å². The van der Waals surface area contributed by atoms with Crippen molar-refractivity contribution in [3.05, 3.63) is 23.7 Å². The van der Waals surface area contributed by atoms with Crippen molar-refractivity contribution in [2.75, 3.05) is 26.2 Å². The van der Waals surface area contributed by atoms with Crippen LogP contribution in [0.4, 0.5) is 0 Å². The van der Waals surface area contributed by atoms with Crippen molar-refractivity contribution in [2.45, 2.75) is 26.2 Å². The van der Waals surface area contributed by atoms with Crippen LogP contribution in [0, 0.1) is 12.3 Å². The predicted molar refractivity (Wildman–Crippen MR) is 68.5 cm³/mol. The number of aryl methyl sites for hydroxylation is 1. The molecule has 2 saturated heterocycles. The van der Waals surface area contributed by atoms with E-state index in [4.69, 9.17) is 4.42 Å². The number of carbonyl (C=O) groups is 1. The normalized spacial score (nSPS) is 22.6. The van der Waals surface area contributed by atoms with Gasteiger partial charge in [-0.2, -0.15) is 0 Å². The molecule has 0 atom stereocenters. The molecule has 98 valence electrons. The molecule has 18 heavy (non-hydrogen) atoms. The van der Waals surface area contributed by atoms with Crippen molar-refractivity contribution in [1.82, 2.24) is 10.2 Å². The molecule has 3 rings (SSSR count). The van der Waals surface area contributed by atoms with E-state index < -0.39 is 0 Å². The third-order valence-corrected chi connectivity index (χ3v) is 4.45. The van der Waals surface area contributed by atoms with Gasteiger partial charge in [-0.05, 0) is 50.8 Å². The van der Waals surface area contributed by atoms with Crippen molar-refractivity contribution in [2.24, 2.45) is 5.41 Å². The Bertz CT molecular complexity index is 446. The number of furan rings is 1. The molecule has 2 aliphatic rings. The van der Waals surface area contributed by atoms with Gasteiger partial charge in [-0.25, -0.2) is 0 Å². The lowest BCUT2D eigenvalue weighted by atomic mass is 9.78. The van der Waals surface area contributed by atoms with Gasteiger partial charge in [0.1, 0.15) is 0 Å². The Morgan fingerprint density at radius 1 is 1.39 bits per heavy atom. The summed E-state index contributed by atoms with van der Waals surface area (Å²) >= 11 is 0. The SMILES string of the molecule is Cc1ccoc1C(=O)N1CCC2(CCNCC2)C1. The first-order valence-electron chi connectivity index (χ1n) is 6.74. The Morgan fingerprint density at radius 3 is 2.83 bits per heavy atom. The van der Waals surface area contributed by atoms with E-state index in [9.17, 15) is 4.79 Å². The molecule has 0 bridgehead atoms. The molecule has 1 spiro atoms. The van der Waals surface area contributed by atoms with Gasteiger partial charge in [-0.1, -0.05) is 0 Å². The minimum atomic E-state index is 0.0629. The maximum atomic E-state index is 12.4. The minimum Gasteiger partial charge on any atom is -0.459 e. The number of piperidine rings is 1. The van der Waals surface area contributed by atoms with Crippen LogP contribution in [0.25, 0.3) is 0 Å². The van der Waals surface area contributed by atoms with E-state index in [2.05, 4.69) is 5.32 Å². The highest BCUT2D eigenvalue weighted by Gasteiger charge is 2.41. The summed E-state index contributed by atoms with van der Waals surface area (Å²) < 4.78 is 5.31. The number of rotatable bonds is 1. The zero-order valence-corrected chi connectivity index (χ0v) is 10.9. The highest BCUT2D eigenvalue weighted by molar-refractivity contribution is 5.93. The van der Waals surface area contributed by atoms with Crippen LogP contribution in [-0.2, 0) is 0 Å². The summed E-state index contributed by atoms with van der Waals surface area (Å²) in [5.41, 5.74) is 1.30. The number of nitrogens with zero attached hydrogens (tertiary/aromatic N) is 1. The van der Waals surface area contributed by atoms with Crippen LogP contribution in [0.1, 0.15) is 35.4 Å². The Labute approximate surface area is 107 Å². The summed E-state index contributed by atoms with van der Waals surface area (Å²) in [5, 5.41) is 3.39. The third-order valence-electron chi connectivity index (χ3n) is 4.45. The highest BCUT2D eigenvalue weighted by atomic mass is 16.3. The van der Waals surface area contributed by atoms with Crippen LogP contribution in [-0.4, -0.2) is 37.0 Å². The predicted octanol–water partition coefficient (Wildman–Crippen LogP) is 1.80. The summed E-state index contributed by atoms with van der Waals surface area (Å²) in [7, 11) is 0. The Hall–Kier alpha value is -1.29. The van der Waals surface area contributed by atoms with E-state index in [0.717, 1.165) is 38.2 Å². The van der Waals surface area contributed by atoms with E-state index in [1.165, 1.54) is 12.8 Å². The fourth-order valence-electron chi connectivity index (χ4n) is 3.21. The zero-order chi connectivity index (χ0) is 12.6. The Balaban J connectivity index is 1.72. The van der Waals surface area contributed by atoms with Gasteiger partial charge in [0.15, 0.2) is 5.76 Å². The molecule has 0 saturated carbocycles. The second kappa shape index (κ2) is 4.43. The fraction of sp³-hybridized carbons (Fsp3) is 0.643. The van der Waals surface area contributed by atoms with Gasteiger partial charge >= 0.3 is 0 Å². The standard InChI is InChI=1S/C14H20N2O2/c1-11-2-9-18-12(11)13(17)16-8-5-14(10-16)3-6-15-7-4-14/h2,9,15H,3-8,10H2,1H3. The van der Waals surface area contributed by atoms with Gasteiger partial charge in [0.05, 0.1) is 6.26 Å². The van der Waals surface area contributed by atoms with Gasteiger partial charge < -0.3 is 14.6 Å². The lowest BCUT2D eigenvalue weighted by Crippen LogP contribution is -2.39. The van der Waals surface area contributed by atoms with Crippen molar-refractivity contribution in [3.8, 4) is 0 Å². The average Bonchev–Trinajstić information content (AvgIpc) is 2.97. The van der Waals surface area contributed by atoms with Crippen LogP contribution in [0.2, 0.25) is 0 Å². The second-order valence-corrected chi connectivity index (χ2v) is 5.66. The first-order valence-corrected chi connectivity index (χ1v) is 6.74. The van der Waals surface area contributed by atoms with Crippen LogP contribution in [0.5, 0.6) is 0 Å². The topological polar surface area (TPSA) is 45.5 Å². The minimum absolute atomic E-state index is 0.0629.